The Morgan fingerprint density at radius 1 is 1.00 bits per heavy atom. The monoisotopic (exact) mass is 344 g/mol. The number of para-hydroxylation sites is 1. The fourth-order valence-corrected chi connectivity index (χ4v) is 3.70. The average molecular weight is 344 g/mol. The van der Waals surface area contributed by atoms with Crippen LogP contribution in [0.15, 0.2) is 54.6 Å². The van der Waals surface area contributed by atoms with Gasteiger partial charge in [-0.05, 0) is 29.8 Å². The van der Waals surface area contributed by atoms with Gasteiger partial charge < -0.3 is 9.80 Å². The van der Waals surface area contributed by atoms with Gasteiger partial charge in [-0.15, -0.1) is 11.8 Å². The molecule has 0 radical (unpaired) electrons. The number of benzene rings is 2. The van der Waals surface area contributed by atoms with Gasteiger partial charge in [0.25, 0.3) is 0 Å². The molecule has 0 N–H and O–H groups in total. The molecular formula is C19H21FN2OS. The lowest BCUT2D eigenvalue weighted by atomic mass is 10.2. The van der Waals surface area contributed by atoms with Crippen molar-refractivity contribution in [2.24, 2.45) is 0 Å². The first-order valence-electron chi connectivity index (χ1n) is 8.12. The molecule has 0 saturated carbocycles. The molecule has 0 aromatic heterocycles. The Balaban J connectivity index is 1.42. The molecule has 1 heterocycles. The van der Waals surface area contributed by atoms with E-state index < -0.39 is 0 Å². The van der Waals surface area contributed by atoms with Crippen LogP contribution < -0.4 is 4.90 Å². The first-order valence-corrected chi connectivity index (χ1v) is 9.28. The van der Waals surface area contributed by atoms with Gasteiger partial charge in [-0.2, -0.15) is 0 Å². The largest absolute Gasteiger partial charge is 0.368 e. The molecule has 24 heavy (non-hydrogen) atoms. The molecule has 1 aliphatic heterocycles. The molecule has 5 heteroatoms. The number of amides is 1. The number of hydrogen-bond acceptors (Lipinski definition) is 3. The van der Waals surface area contributed by atoms with Crippen LogP contribution in [0.2, 0.25) is 0 Å². The molecule has 1 aliphatic rings. The van der Waals surface area contributed by atoms with Gasteiger partial charge in [0.15, 0.2) is 0 Å². The second-order valence-corrected chi connectivity index (χ2v) is 6.81. The highest BCUT2D eigenvalue weighted by atomic mass is 32.2. The van der Waals surface area contributed by atoms with Crippen LogP contribution in [0.5, 0.6) is 0 Å². The van der Waals surface area contributed by atoms with Crippen molar-refractivity contribution >= 4 is 23.4 Å². The molecule has 0 spiro atoms. The number of carbonyl (C=O) groups is 1. The smallest absolute Gasteiger partial charge is 0.232 e. The predicted octanol–water partition coefficient (Wildman–Crippen LogP) is 3.41. The minimum atomic E-state index is -0.225. The maximum absolute atomic E-state index is 13.1. The summed E-state index contributed by atoms with van der Waals surface area (Å²) in [6.07, 6.45) is 0. The van der Waals surface area contributed by atoms with Crippen molar-refractivity contribution in [1.29, 1.82) is 0 Å². The van der Waals surface area contributed by atoms with Crippen LogP contribution in [0.25, 0.3) is 0 Å². The highest BCUT2D eigenvalue weighted by Crippen LogP contribution is 2.17. The summed E-state index contributed by atoms with van der Waals surface area (Å²) < 4.78 is 13.1. The van der Waals surface area contributed by atoms with Gasteiger partial charge >= 0.3 is 0 Å². The molecule has 0 aliphatic carbocycles. The van der Waals surface area contributed by atoms with E-state index in [1.54, 1.807) is 17.8 Å². The first-order chi connectivity index (χ1) is 11.7. The van der Waals surface area contributed by atoms with E-state index in [0.717, 1.165) is 31.7 Å². The standard InChI is InChI=1S/C19H21FN2OS/c20-17-6-4-5-16(13-17)14-24-15-19(23)22-11-9-21(10-12-22)18-7-2-1-3-8-18/h1-8,13H,9-12,14-15H2. The Bertz CT molecular complexity index is 672. The van der Waals surface area contributed by atoms with E-state index >= 15 is 0 Å². The fraction of sp³-hybridized carbons (Fsp3) is 0.316. The molecule has 1 amide bonds. The Hall–Kier alpha value is -2.01. The number of rotatable bonds is 5. The van der Waals surface area contributed by atoms with Gasteiger partial charge in [0.1, 0.15) is 5.82 Å². The lowest BCUT2D eigenvalue weighted by Crippen LogP contribution is -2.49. The summed E-state index contributed by atoms with van der Waals surface area (Å²) in [6.45, 7) is 3.25. The van der Waals surface area contributed by atoms with Gasteiger partial charge in [-0.25, -0.2) is 4.39 Å². The number of carbonyl (C=O) groups excluding carboxylic acids is 1. The molecule has 0 unspecified atom stereocenters. The third-order valence-corrected chi connectivity index (χ3v) is 5.13. The Morgan fingerprint density at radius 2 is 1.75 bits per heavy atom. The molecule has 126 valence electrons. The van der Waals surface area contributed by atoms with Crippen molar-refractivity contribution < 1.29 is 9.18 Å². The molecule has 3 nitrogen and oxygen atoms in total. The molecule has 0 atom stereocenters. The third-order valence-electron chi connectivity index (χ3n) is 4.14. The second-order valence-electron chi connectivity index (χ2n) is 5.83. The first kappa shape index (κ1) is 16.8. The molecule has 2 aromatic rings. The summed E-state index contributed by atoms with van der Waals surface area (Å²) in [5, 5.41) is 0. The van der Waals surface area contributed by atoms with Crippen molar-refractivity contribution in [3.63, 3.8) is 0 Å². The normalized spacial score (nSPS) is 14.7. The SMILES string of the molecule is O=C(CSCc1cccc(F)c1)N1CCN(c2ccccc2)CC1. The number of thioether (sulfide) groups is 1. The zero-order valence-electron chi connectivity index (χ0n) is 13.5. The molecule has 1 saturated heterocycles. The van der Waals surface area contributed by atoms with E-state index in [1.165, 1.54) is 17.8 Å². The minimum absolute atomic E-state index is 0.170. The van der Waals surface area contributed by atoms with Crippen molar-refractivity contribution in [2.75, 3.05) is 36.8 Å². The summed E-state index contributed by atoms with van der Waals surface area (Å²) in [4.78, 5) is 16.5. The van der Waals surface area contributed by atoms with Gasteiger partial charge in [-0.1, -0.05) is 30.3 Å². The van der Waals surface area contributed by atoms with Gasteiger partial charge in [0, 0.05) is 37.6 Å². The zero-order valence-corrected chi connectivity index (χ0v) is 14.3. The van der Waals surface area contributed by atoms with Gasteiger partial charge in [0.2, 0.25) is 5.91 Å². The van der Waals surface area contributed by atoms with Crippen LogP contribution in [0.3, 0.4) is 0 Å². The summed E-state index contributed by atoms with van der Waals surface area (Å²) in [5.74, 6) is 1.05. The zero-order chi connectivity index (χ0) is 16.8. The summed E-state index contributed by atoms with van der Waals surface area (Å²) in [6, 6.07) is 16.8. The maximum atomic E-state index is 13.1. The summed E-state index contributed by atoms with van der Waals surface area (Å²) >= 11 is 1.54. The minimum Gasteiger partial charge on any atom is -0.368 e. The van der Waals surface area contributed by atoms with Crippen LogP contribution in [0, 0.1) is 5.82 Å². The van der Waals surface area contributed by atoms with Gasteiger partial charge in [-0.3, -0.25) is 4.79 Å². The van der Waals surface area contributed by atoms with Crippen molar-refractivity contribution in [3.8, 4) is 0 Å². The summed E-state index contributed by atoms with van der Waals surface area (Å²) in [5.41, 5.74) is 2.13. The Morgan fingerprint density at radius 3 is 2.46 bits per heavy atom. The Labute approximate surface area is 146 Å². The number of nitrogens with zero attached hydrogens (tertiary/aromatic N) is 2. The quantitative estimate of drug-likeness (QED) is 0.830. The fourth-order valence-electron chi connectivity index (χ4n) is 2.83. The van der Waals surface area contributed by atoms with Crippen LogP contribution in [0.4, 0.5) is 10.1 Å². The van der Waals surface area contributed by atoms with E-state index in [4.69, 9.17) is 0 Å². The van der Waals surface area contributed by atoms with E-state index in [0.29, 0.717) is 11.5 Å². The number of halogens is 1. The second kappa shape index (κ2) is 8.20. The van der Waals surface area contributed by atoms with E-state index in [9.17, 15) is 9.18 Å². The molecule has 2 aromatic carbocycles. The van der Waals surface area contributed by atoms with E-state index in [2.05, 4.69) is 17.0 Å². The number of anilines is 1. The number of hydrogen-bond donors (Lipinski definition) is 0. The number of piperazine rings is 1. The van der Waals surface area contributed by atoms with Crippen molar-refractivity contribution in [3.05, 3.63) is 66.0 Å². The average Bonchev–Trinajstić information content (AvgIpc) is 2.63. The van der Waals surface area contributed by atoms with Crippen molar-refractivity contribution in [1.82, 2.24) is 4.90 Å². The van der Waals surface area contributed by atoms with Gasteiger partial charge in [0.05, 0.1) is 5.75 Å². The topological polar surface area (TPSA) is 23.6 Å². The van der Waals surface area contributed by atoms with E-state index in [1.807, 2.05) is 29.2 Å². The van der Waals surface area contributed by atoms with Crippen LogP contribution in [-0.4, -0.2) is 42.7 Å². The van der Waals surface area contributed by atoms with Crippen molar-refractivity contribution in [2.45, 2.75) is 5.75 Å². The molecule has 0 bridgehead atoms. The lowest BCUT2D eigenvalue weighted by Gasteiger charge is -2.36. The van der Waals surface area contributed by atoms with Crippen LogP contribution >= 0.6 is 11.8 Å². The third kappa shape index (κ3) is 4.51. The van der Waals surface area contributed by atoms with E-state index in [-0.39, 0.29) is 11.7 Å². The highest BCUT2D eigenvalue weighted by Gasteiger charge is 2.20. The van der Waals surface area contributed by atoms with Crippen LogP contribution in [0.1, 0.15) is 5.56 Å². The van der Waals surface area contributed by atoms with Crippen LogP contribution in [-0.2, 0) is 10.5 Å². The molecule has 1 fully saturated rings. The summed E-state index contributed by atoms with van der Waals surface area (Å²) in [7, 11) is 0. The molecular weight excluding hydrogens is 323 g/mol. The highest BCUT2D eigenvalue weighted by molar-refractivity contribution is 7.99. The molecule has 3 rings (SSSR count). The maximum Gasteiger partial charge on any atom is 0.232 e. The lowest BCUT2D eigenvalue weighted by molar-refractivity contribution is -0.128. The Kier molecular flexibility index (Phi) is 5.75. The predicted molar refractivity (Wildman–Crippen MR) is 97.8 cm³/mol.